The number of amides is 1. The largest absolute Gasteiger partial charge is 0.481 e. The van der Waals surface area contributed by atoms with Crippen molar-refractivity contribution >= 4 is 11.9 Å². The van der Waals surface area contributed by atoms with Crippen LogP contribution >= 0.6 is 0 Å². The summed E-state index contributed by atoms with van der Waals surface area (Å²) in [6.45, 7) is 2.10. The summed E-state index contributed by atoms with van der Waals surface area (Å²) < 4.78 is 13.0. The summed E-state index contributed by atoms with van der Waals surface area (Å²) in [6.07, 6.45) is 2.70. The van der Waals surface area contributed by atoms with E-state index in [9.17, 15) is 14.0 Å². The third kappa shape index (κ3) is 2.18. The van der Waals surface area contributed by atoms with Gasteiger partial charge in [0.2, 0.25) is 0 Å². The van der Waals surface area contributed by atoms with E-state index in [4.69, 9.17) is 5.11 Å². The molecule has 1 saturated heterocycles. The minimum atomic E-state index is -0.921. The second-order valence-corrected chi connectivity index (χ2v) is 4.73. The van der Waals surface area contributed by atoms with E-state index < -0.39 is 17.2 Å². The van der Waals surface area contributed by atoms with Gasteiger partial charge in [-0.2, -0.15) is 0 Å². The van der Waals surface area contributed by atoms with E-state index in [0.29, 0.717) is 13.0 Å². The number of carboxylic acid groups (broad SMARTS) is 1. The molecule has 1 amide bonds. The van der Waals surface area contributed by atoms with E-state index >= 15 is 0 Å². The Balaban J connectivity index is 2.15. The van der Waals surface area contributed by atoms with Gasteiger partial charge in [0.1, 0.15) is 5.82 Å². The van der Waals surface area contributed by atoms with Crippen LogP contribution in [0.25, 0.3) is 0 Å². The number of hydrogen-bond donors (Lipinski definition) is 1. The lowest BCUT2D eigenvalue weighted by atomic mass is 9.90. The van der Waals surface area contributed by atoms with Crippen LogP contribution in [0.2, 0.25) is 0 Å². The molecule has 1 aliphatic heterocycles. The minimum absolute atomic E-state index is 0.137. The second kappa shape index (κ2) is 4.36. The van der Waals surface area contributed by atoms with Gasteiger partial charge in [0.05, 0.1) is 17.2 Å². The van der Waals surface area contributed by atoms with Crippen molar-refractivity contribution in [1.29, 1.82) is 0 Å². The Labute approximate surface area is 103 Å². The summed E-state index contributed by atoms with van der Waals surface area (Å²) in [5.74, 6) is -1.89. The average molecular weight is 252 g/mol. The molecular weight excluding hydrogens is 239 g/mol. The van der Waals surface area contributed by atoms with Crippen molar-refractivity contribution in [3.8, 4) is 0 Å². The van der Waals surface area contributed by atoms with Crippen LogP contribution in [-0.4, -0.2) is 40.0 Å². The topological polar surface area (TPSA) is 70.5 Å². The number of hydrogen-bond acceptors (Lipinski definition) is 3. The number of likely N-dealkylation sites (tertiary alicyclic amines) is 1. The van der Waals surface area contributed by atoms with Gasteiger partial charge in [0.15, 0.2) is 0 Å². The number of halogens is 1. The molecule has 0 spiro atoms. The Hall–Kier alpha value is -1.98. The highest BCUT2D eigenvalue weighted by Crippen LogP contribution is 2.30. The van der Waals surface area contributed by atoms with Gasteiger partial charge in [0.25, 0.3) is 5.91 Å². The number of aromatic nitrogens is 1. The van der Waals surface area contributed by atoms with E-state index in [2.05, 4.69) is 4.98 Å². The van der Waals surface area contributed by atoms with E-state index in [1.807, 2.05) is 0 Å². The van der Waals surface area contributed by atoms with Gasteiger partial charge in [-0.25, -0.2) is 4.39 Å². The normalized spacial score (nSPS) is 23.1. The molecule has 1 unspecified atom stereocenters. The number of carbonyl (C=O) groups excluding carboxylic acids is 1. The van der Waals surface area contributed by atoms with Crippen LogP contribution in [0.1, 0.15) is 23.7 Å². The highest BCUT2D eigenvalue weighted by atomic mass is 19.1. The van der Waals surface area contributed by atoms with Crippen LogP contribution in [0.4, 0.5) is 4.39 Å². The third-order valence-electron chi connectivity index (χ3n) is 3.23. The van der Waals surface area contributed by atoms with Gasteiger partial charge in [-0.1, -0.05) is 0 Å². The number of carbonyl (C=O) groups is 2. The molecule has 1 fully saturated rings. The lowest BCUT2D eigenvalue weighted by Crippen LogP contribution is -2.34. The van der Waals surface area contributed by atoms with Gasteiger partial charge in [-0.15, -0.1) is 0 Å². The van der Waals surface area contributed by atoms with E-state index in [-0.39, 0.29) is 18.0 Å². The molecule has 1 N–H and O–H groups in total. The molecule has 18 heavy (non-hydrogen) atoms. The van der Waals surface area contributed by atoms with E-state index in [1.165, 1.54) is 11.1 Å². The highest BCUT2D eigenvalue weighted by Gasteiger charge is 2.42. The highest BCUT2D eigenvalue weighted by molar-refractivity contribution is 5.94. The van der Waals surface area contributed by atoms with Gasteiger partial charge in [-0.3, -0.25) is 14.6 Å². The van der Waals surface area contributed by atoms with Crippen LogP contribution < -0.4 is 0 Å². The fraction of sp³-hybridized carbons (Fsp3) is 0.417. The molecule has 2 rings (SSSR count). The van der Waals surface area contributed by atoms with Crippen molar-refractivity contribution in [2.24, 2.45) is 5.41 Å². The van der Waals surface area contributed by atoms with Gasteiger partial charge < -0.3 is 10.0 Å². The number of nitrogens with zero attached hydrogens (tertiary/aromatic N) is 2. The van der Waals surface area contributed by atoms with Crippen molar-refractivity contribution in [3.63, 3.8) is 0 Å². The van der Waals surface area contributed by atoms with E-state index in [0.717, 1.165) is 12.3 Å². The fourth-order valence-electron chi connectivity index (χ4n) is 2.02. The Bertz CT molecular complexity index is 506. The molecule has 1 atom stereocenters. The fourth-order valence-corrected chi connectivity index (χ4v) is 2.02. The lowest BCUT2D eigenvalue weighted by molar-refractivity contribution is -0.147. The average Bonchev–Trinajstić information content (AvgIpc) is 2.72. The zero-order valence-electron chi connectivity index (χ0n) is 9.89. The molecular formula is C12H13FN2O3. The molecule has 0 aliphatic carbocycles. The van der Waals surface area contributed by atoms with E-state index in [1.54, 1.807) is 6.92 Å². The molecule has 1 aromatic heterocycles. The van der Waals surface area contributed by atoms with Gasteiger partial charge >= 0.3 is 5.97 Å². The summed E-state index contributed by atoms with van der Waals surface area (Å²) in [5.41, 5.74) is -0.777. The lowest BCUT2D eigenvalue weighted by Gasteiger charge is -2.20. The van der Waals surface area contributed by atoms with Crippen molar-refractivity contribution in [2.75, 3.05) is 13.1 Å². The third-order valence-corrected chi connectivity index (χ3v) is 3.23. The summed E-state index contributed by atoms with van der Waals surface area (Å²) in [7, 11) is 0. The zero-order valence-corrected chi connectivity index (χ0v) is 9.89. The monoisotopic (exact) mass is 252 g/mol. The Kier molecular flexibility index (Phi) is 3.02. The smallest absolute Gasteiger partial charge is 0.311 e. The first-order valence-electron chi connectivity index (χ1n) is 5.56. The molecule has 0 aromatic carbocycles. The van der Waals surface area contributed by atoms with Crippen LogP contribution in [0, 0.1) is 11.2 Å². The first-order valence-corrected chi connectivity index (χ1v) is 5.56. The minimum Gasteiger partial charge on any atom is -0.481 e. The quantitative estimate of drug-likeness (QED) is 0.857. The van der Waals surface area contributed by atoms with Gasteiger partial charge in [-0.05, 0) is 19.4 Å². The maximum absolute atomic E-state index is 13.0. The first-order chi connectivity index (χ1) is 8.42. The molecule has 1 aliphatic rings. The molecule has 0 saturated carbocycles. The molecule has 0 bridgehead atoms. The van der Waals surface area contributed by atoms with Crippen LogP contribution in [0.15, 0.2) is 18.5 Å². The number of pyridine rings is 1. The molecule has 6 heteroatoms. The zero-order chi connectivity index (χ0) is 13.3. The molecule has 2 heterocycles. The predicted octanol–water partition coefficient (Wildman–Crippen LogP) is 1.16. The molecule has 0 radical (unpaired) electrons. The maximum atomic E-state index is 13.0. The number of rotatable bonds is 2. The van der Waals surface area contributed by atoms with Crippen LogP contribution in [-0.2, 0) is 4.79 Å². The van der Waals surface area contributed by atoms with Crippen molar-refractivity contribution in [3.05, 3.63) is 29.8 Å². The first kappa shape index (κ1) is 12.5. The summed E-state index contributed by atoms with van der Waals surface area (Å²) in [4.78, 5) is 28.1. The number of carboxylic acids is 1. The Morgan fingerprint density at radius 2 is 2.22 bits per heavy atom. The van der Waals surface area contributed by atoms with Crippen LogP contribution in [0.3, 0.4) is 0 Å². The molecule has 5 nitrogen and oxygen atoms in total. The summed E-state index contributed by atoms with van der Waals surface area (Å²) >= 11 is 0. The van der Waals surface area contributed by atoms with Crippen molar-refractivity contribution < 1.29 is 19.1 Å². The maximum Gasteiger partial charge on any atom is 0.311 e. The molecule has 1 aromatic rings. The summed E-state index contributed by atoms with van der Waals surface area (Å²) in [6, 6.07) is 1.10. The second-order valence-electron chi connectivity index (χ2n) is 4.73. The van der Waals surface area contributed by atoms with Crippen molar-refractivity contribution in [1.82, 2.24) is 9.88 Å². The van der Waals surface area contributed by atoms with Gasteiger partial charge in [0, 0.05) is 19.3 Å². The summed E-state index contributed by atoms with van der Waals surface area (Å²) in [5, 5.41) is 9.08. The predicted molar refractivity (Wildman–Crippen MR) is 60.5 cm³/mol. The Morgan fingerprint density at radius 1 is 1.50 bits per heavy atom. The van der Waals surface area contributed by atoms with Crippen molar-refractivity contribution in [2.45, 2.75) is 13.3 Å². The van der Waals surface area contributed by atoms with Crippen LogP contribution in [0.5, 0.6) is 0 Å². The SMILES string of the molecule is CC1(C(=O)O)CCN(C(=O)c2cncc(F)c2)C1. The standard InChI is InChI=1S/C12H13FN2O3/c1-12(11(17)18)2-3-15(7-12)10(16)8-4-9(13)6-14-5-8/h4-6H,2-3,7H2,1H3,(H,17,18). The Morgan fingerprint density at radius 3 is 2.78 bits per heavy atom. The molecule has 96 valence electrons. The number of aliphatic carboxylic acids is 1.